The summed E-state index contributed by atoms with van der Waals surface area (Å²) in [5, 5.41) is 15.4. The summed E-state index contributed by atoms with van der Waals surface area (Å²) in [6, 6.07) is 4.44. The van der Waals surface area contributed by atoms with Gasteiger partial charge in [-0.15, -0.1) is 0 Å². The first-order valence-electron chi connectivity index (χ1n) is 5.48. The molecule has 0 aliphatic carbocycles. The summed E-state index contributed by atoms with van der Waals surface area (Å²) in [6.07, 6.45) is 1.74. The minimum absolute atomic E-state index is 0.406. The summed E-state index contributed by atoms with van der Waals surface area (Å²) in [6.45, 7) is 3.13. The predicted octanol–water partition coefficient (Wildman–Crippen LogP) is 0.846. The zero-order chi connectivity index (χ0) is 13.3. The van der Waals surface area contributed by atoms with Gasteiger partial charge in [-0.3, -0.25) is 9.59 Å². The molecule has 0 bridgehead atoms. The number of carboxylic acids is 1. The molecular formula is C12H13N3O3. The van der Waals surface area contributed by atoms with Crippen molar-refractivity contribution in [3.8, 4) is 0 Å². The Hall–Kier alpha value is -2.37. The van der Waals surface area contributed by atoms with Crippen LogP contribution in [0, 0.1) is 6.92 Å². The number of carbonyl (C=O) groups is 2. The molecule has 2 aromatic rings. The lowest BCUT2D eigenvalue weighted by molar-refractivity contribution is -0.138. The number of rotatable bonds is 3. The zero-order valence-electron chi connectivity index (χ0n) is 10.0. The SMILES string of the molecule is Cc1nn2ccccc2c1C(=O)NC(C)C(=O)O. The normalized spacial score (nSPS) is 12.3. The van der Waals surface area contributed by atoms with Gasteiger partial charge in [0.05, 0.1) is 16.8 Å². The topological polar surface area (TPSA) is 83.7 Å². The second kappa shape index (κ2) is 4.48. The second-order valence-electron chi connectivity index (χ2n) is 4.02. The maximum absolute atomic E-state index is 12.0. The summed E-state index contributed by atoms with van der Waals surface area (Å²) in [7, 11) is 0. The molecule has 0 radical (unpaired) electrons. The summed E-state index contributed by atoms with van der Waals surface area (Å²) in [5.74, 6) is -1.50. The van der Waals surface area contributed by atoms with Gasteiger partial charge in [0.25, 0.3) is 5.91 Å². The minimum atomic E-state index is -1.07. The molecule has 0 fully saturated rings. The van der Waals surface area contributed by atoms with Gasteiger partial charge in [-0.1, -0.05) is 6.07 Å². The van der Waals surface area contributed by atoms with E-state index in [-0.39, 0.29) is 0 Å². The standard InChI is InChI=1S/C12H13N3O3/c1-7-10(11(16)13-8(2)12(17)18)9-5-3-4-6-15(9)14-7/h3-6,8H,1-2H3,(H,13,16)(H,17,18). The van der Waals surface area contributed by atoms with E-state index in [0.717, 1.165) is 0 Å². The van der Waals surface area contributed by atoms with Crippen LogP contribution < -0.4 is 5.32 Å². The number of carbonyl (C=O) groups excluding carboxylic acids is 1. The number of nitrogens with one attached hydrogen (secondary N) is 1. The highest BCUT2D eigenvalue weighted by Gasteiger charge is 2.20. The van der Waals surface area contributed by atoms with Gasteiger partial charge in [0.2, 0.25) is 0 Å². The summed E-state index contributed by atoms with van der Waals surface area (Å²) in [5.41, 5.74) is 1.63. The van der Waals surface area contributed by atoms with Crippen LogP contribution in [0.3, 0.4) is 0 Å². The fourth-order valence-electron chi connectivity index (χ4n) is 1.73. The molecule has 0 aromatic carbocycles. The Labute approximate surface area is 103 Å². The fraction of sp³-hybridized carbons (Fsp3) is 0.250. The van der Waals surface area contributed by atoms with Crippen LogP contribution >= 0.6 is 0 Å². The van der Waals surface area contributed by atoms with Crippen LogP contribution in [0.4, 0.5) is 0 Å². The highest BCUT2D eigenvalue weighted by Crippen LogP contribution is 2.14. The molecule has 2 rings (SSSR count). The Bertz CT molecular complexity index is 618. The van der Waals surface area contributed by atoms with Gasteiger partial charge >= 0.3 is 5.97 Å². The molecule has 1 amide bonds. The molecular weight excluding hydrogens is 234 g/mol. The van der Waals surface area contributed by atoms with E-state index >= 15 is 0 Å². The van der Waals surface area contributed by atoms with E-state index in [1.807, 2.05) is 0 Å². The van der Waals surface area contributed by atoms with E-state index in [4.69, 9.17) is 5.11 Å². The van der Waals surface area contributed by atoms with Crippen molar-refractivity contribution in [2.75, 3.05) is 0 Å². The van der Waals surface area contributed by atoms with Gasteiger partial charge < -0.3 is 10.4 Å². The van der Waals surface area contributed by atoms with Crippen molar-refractivity contribution in [1.29, 1.82) is 0 Å². The molecule has 18 heavy (non-hydrogen) atoms. The Balaban J connectivity index is 2.39. The quantitative estimate of drug-likeness (QED) is 0.842. The van der Waals surface area contributed by atoms with Crippen LogP contribution in [0.1, 0.15) is 23.0 Å². The molecule has 0 spiro atoms. The highest BCUT2D eigenvalue weighted by molar-refractivity contribution is 6.03. The number of hydrogen-bond acceptors (Lipinski definition) is 3. The zero-order valence-corrected chi connectivity index (χ0v) is 10.0. The van der Waals surface area contributed by atoms with E-state index in [0.29, 0.717) is 16.8 Å². The van der Waals surface area contributed by atoms with Crippen molar-refractivity contribution < 1.29 is 14.7 Å². The molecule has 2 N–H and O–H groups in total. The molecule has 0 aliphatic rings. The van der Waals surface area contributed by atoms with Crippen molar-refractivity contribution in [3.05, 3.63) is 35.7 Å². The molecule has 0 saturated heterocycles. The summed E-state index contributed by atoms with van der Waals surface area (Å²) >= 11 is 0. The van der Waals surface area contributed by atoms with Crippen LogP contribution in [0.25, 0.3) is 5.52 Å². The van der Waals surface area contributed by atoms with Gasteiger partial charge in [0, 0.05) is 6.20 Å². The number of pyridine rings is 1. The van der Waals surface area contributed by atoms with Crippen molar-refractivity contribution in [2.24, 2.45) is 0 Å². The van der Waals surface area contributed by atoms with Crippen LogP contribution in [0.2, 0.25) is 0 Å². The summed E-state index contributed by atoms with van der Waals surface area (Å²) in [4.78, 5) is 22.7. The Morgan fingerprint density at radius 2 is 2.17 bits per heavy atom. The Morgan fingerprint density at radius 3 is 2.83 bits per heavy atom. The number of fused-ring (bicyclic) bond motifs is 1. The molecule has 6 heteroatoms. The molecule has 2 aromatic heterocycles. The van der Waals surface area contributed by atoms with E-state index in [1.165, 1.54) is 6.92 Å². The number of aliphatic carboxylic acids is 1. The monoisotopic (exact) mass is 247 g/mol. The molecule has 94 valence electrons. The summed E-state index contributed by atoms with van der Waals surface area (Å²) < 4.78 is 1.59. The van der Waals surface area contributed by atoms with Crippen molar-refractivity contribution in [3.63, 3.8) is 0 Å². The number of amides is 1. The molecule has 1 unspecified atom stereocenters. The van der Waals surface area contributed by atoms with E-state index in [1.54, 1.807) is 35.8 Å². The number of aromatic nitrogens is 2. The van der Waals surface area contributed by atoms with E-state index < -0.39 is 17.9 Å². The molecule has 0 saturated carbocycles. The third kappa shape index (κ3) is 2.04. The number of hydrogen-bond donors (Lipinski definition) is 2. The van der Waals surface area contributed by atoms with Crippen molar-refractivity contribution in [1.82, 2.24) is 14.9 Å². The van der Waals surface area contributed by atoms with Crippen LogP contribution in [-0.4, -0.2) is 32.6 Å². The smallest absolute Gasteiger partial charge is 0.325 e. The van der Waals surface area contributed by atoms with E-state index in [2.05, 4.69) is 10.4 Å². The predicted molar refractivity (Wildman–Crippen MR) is 64.5 cm³/mol. The third-order valence-corrected chi connectivity index (χ3v) is 2.66. The highest BCUT2D eigenvalue weighted by atomic mass is 16.4. The third-order valence-electron chi connectivity index (χ3n) is 2.66. The average Bonchev–Trinajstić information content (AvgIpc) is 2.64. The van der Waals surface area contributed by atoms with Crippen LogP contribution in [-0.2, 0) is 4.79 Å². The van der Waals surface area contributed by atoms with Crippen LogP contribution in [0.5, 0.6) is 0 Å². The van der Waals surface area contributed by atoms with Gasteiger partial charge in [0.15, 0.2) is 0 Å². The molecule has 6 nitrogen and oxygen atoms in total. The largest absolute Gasteiger partial charge is 0.480 e. The van der Waals surface area contributed by atoms with Gasteiger partial charge in [0.1, 0.15) is 6.04 Å². The average molecular weight is 247 g/mol. The van der Waals surface area contributed by atoms with Crippen molar-refractivity contribution in [2.45, 2.75) is 19.9 Å². The molecule has 1 atom stereocenters. The molecule has 2 heterocycles. The first kappa shape index (κ1) is 12.1. The maximum Gasteiger partial charge on any atom is 0.325 e. The van der Waals surface area contributed by atoms with Crippen LogP contribution in [0.15, 0.2) is 24.4 Å². The lowest BCUT2D eigenvalue weighted by Gasteiger charge is -2.08. The van der Waals surface area contributed by atoms with Gasteiger partial charge in [-0.2, -0.15) is 5.10 Å². The van der Waals surface area contributed by atoms with Gasteiger partial charge in [-0.05, 0) is 26.0 Å². The second-order valence-corrected chi connectivity index (χ2v) is 4.02. The number of carboxylic acid groups (broad SMARTS) is 1. The fourth-order valence-corrected chi connectivity index (χ4v) is 1.73. The Kier molecular flexibility index (Phi) is 3.01. The Morgan fingerprint density at radius 1 is 1.44 bits per heavy atom. The van der Waals surface area contributed by atoms with E-state index in [9.17, 15) is 9.59 Å². The lowest BCUT2D eigenvalue weighted by atomic mass is 10.2. The lowest BCUT2D eigenvalue weighted by Crippen LogP contribution is -2.38. The first-order chi connectivity index (χ1) is 8.50. The van der Waals surface area contributed by atoms with Gasteiger partial charge in [-0.25, -0.2) is 4.52 Å². The van der Waals surface area contributed by atoms with Crippen molar-refractivity contribution >= 4 is 17.4 Å². The minimum Gasteiger partial charge on any atom is -0.480 e. The number of aryl methyl sites for hydroxylation is 1. The first-order valence-corrected chi connectivity index (χ1v) is 5.48. The number of nitrogens with zero attached hydrogens (tertiary/aromatic N) is 2. The molecule has 0 aliphatic heterocycles. The maximum atomic E-state index is 12.0.